The molecule has 0 atom stereocenters. The molecular weight excluding hydrogens is 687 g/mol. The lowest BCUT2D eigenvalue weighted by molar-refractivity contribution is 0.669. The van der Waals surface area contributed by atoms with Crippen molar-refractivity contribution in [2.24, 2.45) is 0 Å². The van der Waals surface area contributed by atoms with Crippen LogP contribution < -0.4 is 4.90 Å². The highest BCUT2D eigenvalue weighted by atomic mass is 32.1. The number of hydrogen-bond donors (Lipinski definition) is 0. The van der Waals surface area contributed by atoms with E-state index >= 15 is 0 Å². The number of rotatable bonds is 6. The second kappa shape index (κ2) is 12.9. The zero-order valence-electron chi connectivity index (χ0n) is 29.8. The number of hydrogen-bond acceptors (Lipinski definition) is 3. The predicted molar refractivity (Wildman–Crippen MR) is 235 cm³/mol. The van der Waals surface area contributed by atoms with Gasteiger partial charge in [-0.05, 0) is 111 Å². The predicted octanol–water partition coefficient (Wildman–Crippen LogP) is 15.6. The molecule has 0 aliphatic rings. The number of nitrogens with zero attached hydrogens (tertiary/aromatic N) is 1. The van der Waals surface area contributed by atoms with Crippen molar-refractivity contribution in [1.82, 2.24) is 0 Å². The molecule has 0 fully saturated rings. The molecule has 0 amide bonds. The SMILES string of the molecule is c1ccc(-c2ccc(N(c3ccc(-c4ccc5ccc6sc7ccccc7c6c5c4)cc3)c3cccc(-c4cccc5oc6ccccc6c45)c3)cc2)cc1. The van der Waals surface area contributed by atoms with Crippen LogP contribution in [0, 0.1) is 0 Å². The van der Waals surface area contributed by atoms with E-state index in [9.17, 15) is 0 Å². The summed E-state index contributed by atoms with van der Waals surface area (Å²) < 4.78 is 8.93. The smallest absolute Gasteiger partial charge is 0.136 e. The molecule has 258 valence electrons. The number of fused-ring (bicyclic) bond motifs is 8. The van der Waals surface area contributed by atoms with Crippen LogP contribution in [0.25, 0.3) is 86.3 Å². The molecular formula is C52H33NOS. The van der Waals surface area contributed by atoms with Crippen molar-refractivity contribution >= 4 is 81.3 Å². The van der Waals surface area contributed by atoms with Crippen LogP contribution in [-0.4, -0.2) is 0 Å². The highest BCUT2D eigenvalue weighted by Crippen LogP contribution is 2.43. The summed E-state index contributed by atoms with van der Waals surface area (Å²) in [6.07, 6.45) is 0. The molecule has 2 aromatic heterocycles. The molecule has 0 unspecified atom stereocenters. The van der Waals surface area contributed by atoms with Crippen LogP contribution in [0.1, 0.15) is 0 Å². The Hall–Kier alpha value is -6.94. The maximum atomic E-state index is 6.28. The number of thiophene rings is 1. The maximum Gasteiger partial charge on any atom is 0.136 e. The average Bonchev–Trinajstić information content (AvgIpc) is 3.84. The second-order valence-electron chi connectivity index (χ2n) is 14.1. The molecule has 0 aliphatic heterocycles. The van der Waals surface area contributed by atoms with E-state index in [1.807, 2.05) is 23.5 Å². The minimum absolute atomic E-state index is 0.898. The summed E-state index contributed by atoms with van der Waals surface area (Å²) in [5.74, 6) is 0. The number of furan rings is 1. The number of para-hydroxylation sites is 1. The van der Waals surface area contributed by atoms with Crippen molar-refractivity contribution < 1.29 is 4.42 Å². The average molecular weight is 720 g/mol. The van der Waals surface area contributed by atoms with Crippen LogP contribution in [0.2, 0.25) is 0 Å². The summed E-state index contributed by atoms with van der Waals surface area (Å²) in [6, 6.07) is 72.2. The summed E-state index contributed by atoms with van der Waals surface area (Å²) in [6.45, 7) is 0. The van der Waals surface area contributed by atoms with Gasteiger partial charge in [0.25, 0.3) is 0 Å². The Morgan fingerprint density at radius 1 is 0.345 bits per heavy atom. The van der Waals surface area contributed by atoms with E-state index < -0.39 is 0 Å². The molecule has 2 nitrogen and oxygen atoms in total. The lowest BCUT2D eigenvalue weighted by Crippen LogP contribution is -2.10. The van der Waals surface area contributed by atoms with E-state index in [1.54, 1.807) is 0 Å². The Morgan fingerprint density at radius 3 is 1.78 bits per heavy atom. The van der Waals surface area contributed by atoms with Crippen LogP contribution in [0.4, 0.5) is 17.1 Å². The van der Waals surface area contributed by atoms with Crippen LogP contribution in [0.15, 0.2) is 205 Å². The van der Waals surface area contributed by atoms with Crippen molar-refractivity contribution in [3.05, 3.63) is 200 Å². The highest BCUT2D eigenvalue weighted by Gasteiger charge is 2.17. The fourth-order valence-electron chi connectivity index (χ4n) is 8.23. The highest BCUT2D eigenvalue weighted by molar-refractivity contribution is 7.26. The molecule has 11 rings (SSSR count). The molecule has 0 N–H and O–H groups in total. The number of benzene rings is 9. The largest absolute Gasteiger partial charge is 0.456 e. The summed E-state index contributed by atoms with van der Waals surface area (Å²) in [5, 5.41) is 7.51. The molecule has 11 aromatic rings. The third-order valence-corrected chi connectivity index (χ3v) is 12.0. The standard InChI is InChI=1S/C52H33NOS/c1-2-10-34(11-3-1)35-22-27-40(28-23-35)53(42-13-8-12-39(32-42)43-16-9-18-48-51(43)44-14-4-6-17-47(44)54-48)41-29-24-36(25-30-41)38-21-20-37-26-31-50-52(46(37)33-38)45-15-5-7-19-49(45)55-50/h1-33H. The van der Waals surface area contributed by atoms with Crippen molar-refractivity contribution in [3.8, 4) is 33.4 Å². The van der Waals surface area contributed by atoms with Gasteiger partial charge in [-0.1, -0.05) is 133 Å². The van der Waals surface area contributed by atoms with Gasteiger partial charge in [0.05, 0.1) is 0 Å². The van der Waals surface area contributed by atoms with Gasteiger partial charge in [0.2, 0.25) is 0 Å². The molecule has 0 saturated carbocycles. The van der Waals surface area contributed by atoms with E-state index in [2.05, 4.69) is 193 Å². The Kier molecular flexibility index (Phi) is 7.39. The lowest BCUT2D eigenvalue weighted by Gasteiger charge is -2.26. The van der Waals surface area contributed by atoms with Crippen LogP contribution in [0.5, 0.6) is 0 Å². The zero-order valence-corrected chi connectivity index (χ0v) is 30.6. The van der Waals surface area contributed by atoms with Crippen molar-refractivity contribution in [3.63, 3.8) is 0 Å². The van der Waals surface area contributed by atoms with Crippen LogP contribution in [-0.2, 0) is 0 Å². The van der Waals surface area contributed by atoms with Gasteiger partial charge >= 0.3 is 0 Å². The summed E-state index contributed by atoms with van der Waals surface area (Å²) >= 11 is 1.87. The normalized spacial score (nSPS) is 11.6. The van der Waals surface area contributed by atoms with Crippen LogP contribution >= 0.6 is 11.3 Å². The zero-order chi connectivity index (χ0) is 36.3. The van der Waals surface area contributed by atoms with E-state index in [0.29, 0.717) is 0 Å². The lowest BCUT2D eigenvalue weighted by atomic mass is 9.97. The topological polar surface area (TPSA) is 16.4 Å². The van der Waals surface area contributed by atoms with Gasteiger partial charge in [0.15, 0.2) is 0 Å². The van der Waals surface area contributed by atoms with Crippen molar-refractivity contribution in [2.75, 3.05) is 4.90 Å². The first kappa shape index (κ1) is 31.6. The molecule has 0 bridgehead atoms. The van der Waals surface area contributed by atoms with Gasteiger partial charge in [-0.3, -0.25) is 0 Å². The molecule has 9 aromatic carbocycles. The fraction of sp³-hybridized carbons (Fsp3) is 0. The van der Waals surface area contributed by atoms with Gasteiger partial charge in [0, 0.05) is 48.0 Å². The Morgan fingerprint density at radius 2 is 0.964 bits per heavy atom. The summed E-state index contributed by atoms with van der Waals surface area (Å²) in [5.41, 5.74) is 12.2. The Balaban J connectivity index is 1.03. The molecule has 55 heavy (non-hydrogen) atoms. The molecule has 2 heterocycles. The van der Waals surface area contributed by atoms with Gasteiger partial charge in [0.1, 0.15) is 11.2 Å². The number of anilines is 3. The van der Waals surface area contributed by atoms with Gasteiger partial charge < -0.3 is 9.32 Å². The van der Waals surface area contributed by atoms with Gasteiger partial charge in [-0.25, -0.2) is 0 Å². The quantitative estimate of drug-likeness (QED) is 0.170. The Bertz CT molecular complexity index is 3190. The van der Waals surface area contributed by atoms with Crippen LogP contribution in [0.3, 0.4) is 0 Å². The van der Waals surface area contributed by atoms with Crippen molar-refractivity contribution in [1.29, 1.82) is 0 Å². The van der Waals surface area contributed by atoms with Gasteiger partial charge in [-0.2, -0.15) is 0 Å². The first-order valence-electron chi connectivity index (χ1n) is 18.7. The third-order valence-electron chi connectivity index (χ3n) is 10.9. The molecule has 0 aliphatic carbocycles. The minimum atomic E-state index is 0.898. The summed E-state index contributed by atoms with van der Waals surface area (Å²) in [4.78, 5) is 2.36. The maximum absolute atomic E-state index is 6.28. The minimum Gasteiger partial charge on any atom is -0.456 e. The molecule has 3 heteroatoms. The van der Waals surface area contributed by atoms with Gasteiger partial charge in [-0.15, -0.1) is 11.3 Å². The summed E-state index contributed by atoms with van der Waals surface area (Å²) in [7, 11) is 0. The Labute approximate surface area is 322 Å². The fourth-order valence-corrected chi connectivity index (χ4v) is 9.36. The monoisotopic (exact) mass is 719 g/mol. The second-order valence-corrected chi connectivity index (χ2v) is 15.2. The molecule has 0 saturated heterocycles. The third kappa shape index (κ3) is 5.40. The van der Waals surface area contributed by atoms with E-state index in [4.69, 9.17) is 4.42 Å². The first-order chi connectivity index (χ1) is 27.2. The first-order valence-corrected chi connectivity index (χ1v) is 19.5. The van der Waals surface area contributed by atoms with Crippen molar-refractivity contribution in [2.45, 2.75) is 0 Å². The van der Waals surface area contributed by atoms with E-state index in [-0.39, 0.29) is 0 Å². The molecule has 0 spiro atoms. The molecule has 0 radical (unpaired) electrons. The van der Waals surface area contributed by atoms with E-state index in [1.165, 1.54) is 53.2 Å². The van der Waals surface area contributed by atoms with E-state index in [0.717, 1.165) is 50.1 Å².